The van der Waals surface area contributed by atoms with E-state index in [4.69, 9.17) is 4.74 Å². The Labute approximate surface area is 133 Å². The summed E-state index contributed by atoms with van der Waals surface area (Å²) < 4.78 is 7.98. The van der Waals surface area contributed by atoms with Gasteiger partial charge in [-0.1, -0.05) is 29.5 Å². The van der Waals surface area contributed by atoms with Crippen LogP contribution >= 0.6 is 0 Å². The Hall–Kier alpha value is -2.91. The van der Waals surface area contributed by atoms with Crippen molar-refractivity contribution in [3.63, 3.8) is 0 Å². The van der Waals surface area contributed by atoms with Gasteiger partial charge in [0, 0.05) is 7.11 Å². The van der Waals surface area contributed by atoms with E-state index in [9.17, 15) is 4.79 Å². The zero-order valence-corrected chi connectivity index (χ0v) is 13.0. The van der Waals surface area contributed by atoms with Crippen LogP contribution in [0.25, 0.3) is 16.7 Å². The third-order valence-electron chi connectivity index (χ3n) is 3.42. The summed E-state index contributed by atoms with van der Waals surface area (Å²) in [6.45, 7) is 2.64. The SMILES string of the molecule is COCC#CCn1cnc2c(cnn2-c2ccc(C)cc2)c1=O. The van der Waals surface area contributed by atoms with Crippen LogP contribution in [0.3, 0.4) is 0 Å². The van der Waals surface area contributed by atoms with Gasteiger partial charge >= 0.3 is 0 Å². The fourth-order valence-electron chi connectivity index (χ4n) is 2.20. The van der Waals surface area contributed by atoms with Crippen molar-refractivity contribution in [2.45, 2.75) is 13.5 Å². The second kappa shape index (κ2) is 6.46. The molecule has 0 radical (unpaired) electrons. The number of rotatable bonds is 3. The van der Waals surface area contributed by atoms with Crippen molar-refractivity contribution < 1.29 is 4.74 Å². The molecule has 0 spiro atoms. The average molecular weight is 308 g/mol. The molecule has 0 fully saturated rings. The van der Waals surface area contributed by atoms with Gasteiger partial charge in [-0.25, -0.2) is 9.67 Å². The van der Waals surface area contributed by atoms with Crippen LogP contribution in [0.15, 0.2) is 41.6 Å². The highest BCUT2D eigenvalue weighted by molar-refractivity contribution is 5.74. The summed E-state index contributed by atoms with van der Waals surface area (Å²) in [4.78, 5) is 16.8. The van der Waals surface area contributed by atoms with Gasteiger partial charge in [0.2, 0.25) is 0 Å². The van der Waals surface area contributed by atoms with E-state index in [2.05, 4.69) is 21.9 Å². The first-order chi connectivity index (χ1) is 11.2. The topological polar surface area (TPSA) is 61.9 Å². The molecule has 0 aliphatic heterocycles. The molecule has 6 nitrogen and oxygen atoms in total. The molecule has 0 amide bonds. The van der Waals surface area contributed by atoms with Gasteiger partial charge in [-0.3, -0.25) is 9.36 Å². The minimum Gasteiger partial charge on any atom is -0.372 e. The molecule has 3 aromatic rings. The number of hydrogen-bond acceptors (Lipinski definition) is 4. The Morgan fingerprint density at radius 2 is 2.00 bits per heavy atom. The lowest BCUT2D eigenvalue weighted by atomic mass is 10.2. The highest BCUT2D eigenvalue weighted by Crippen LogP contribution is 2.14. The van der Waals surface area contributed by atoms with Crippen molar-refractivity contribution in [1.29, 1.82) is 0 Å². The number of benzene rings is 1. The first-order valence-electron chi connectivity index (χ1n) is 7.15. The van der Waals surface area contributed by atoms with Gasteiger partial charge in [0.05, 0.1) is 18.4 Å². The third-order valence-corrected chi connectivity index (χ3v) is 3.42. The van der Waals surface area contributed by atoms with E-state index in [-0.39, 0.29) is 12.1 Å². The molecule has 0 bridgehead atoms. The number of ether oxygens (including phenoxy) is 1. The van der Waals surface area contributed by atoms with Gasteiger partial charge in [0.1, 0.15) is 18.3 Å². The minimum atomic E-state index is -0.153. The number of methoxy groups -OCH3 is 1. The second-order valence-corrected chi connectivity index (χ2v) is 5.09. The van der Waals surface area contributed by atoms with Gasteiger partial charge in [-0.2, -0.15) is 5.10 Å². The van der Waals surface area contributed by atoms with Gasteiger partial charge in [0.25, 0.3) is 5.56 Å². The first kappa shape index (κ1) is 15.0. The van der Waals surface area contributed by atoms with Gasteiger partial charge in [-0.15, -0.1) is 0 Å². The second-order valence-electron chi connectivity index (χ2n) is 5.09. The summed E-state index contributed by atoms with van der Waals surface area (Å²) in [7, 11) is 1.58. The highest BCUT2D eigenvalue weighted by Gasteiger charge is 2.10. The van der Waals surface area contributed by atoms with Crippen molar-refractivity contribution in [2.75, 3.05) is 13.7 Å². The Bertz CT molecular complexity index is 943. The molecule has 2 aromatic heterocycles. The standard InChI is InChI=1S/C17H16N4O2/c1-13-5-7-14(8-6-13)21-16-15(11-19-21)17(22)20(12-18-16)9-3-4-10-23-2/h5-8,11-12H,9-10H2,1-2H3. The van der Waals surface area contributed by atoms with Crippen LogP contribution in [0.4, 0.5) is 0 Å². The highest BCUT2D eigenvalue weighted by atomic mass is 16.5. The maximum atomic E-state index is 12.5. The van der Waals surface area contributed by atoms with Gasteiger partial charge < -0.3 is 4.74 Å². The van der Waals surface area contributed by atoms with Crippen LogP contribution in [0.1, 0.15) is 5.56 Å². The predicted octanol–water partition coefficient (Wildman–Crippen LogP) is 1.54. The lowest BCUT2D eigenvalue weighted by molar-refractivity contribution is 0.239. The number of nitrogens with zero attached hydrogens (tertiary/aromatic N) is 4. The van der Waals surface area contributed by atoms with Crippen molar-refractivity contribution in [3.8, 4) is 17.5 Å². The molecular formula is C17H16N4O2. The van der Waals surface area contributed by atoms with Crippen molar-refractivity contribution in [3.05, 3.63) is 52.7 Å². The fraction of sp³-hybridized carbons (Fsp3) is 0.235. The molecular weight excluding hydrogens is 292 g/mol. The Balaban J connectivity index is 2.00. The molecule has 0 atom stereocenters. The molecule has 0 N–H and O–H groups in total. The predicted molar refractivity (Wildman–Crippen MR) is 87.5 cm³/mol. The molecule has 0 aliphatic carbocycles. The third kappa shape index (κ3) is 3.00. The van der Waals surface area contributed by atoms with E-state index in [1.165, 1.54) is 10.9 Å². The molecule has 1 aromatic carbocycles. The Morgan fingerprint density at radius 1 is 1.22 bits per heavy atom. The first-order valence-corrected chi connectivity index (χ1v) is 7.15. The van der Waals surface area contributed by atoms with Crippen LogP contribution in [-0.2, 0) is 11.3 Å². The van der Waals surface area contributed by atoms with E-state index >= 15 is 0 Å². The van der Waals surface area contributed by atoms with E-state index in [1.807, 2.05) is 31.2 Å². The number of aryl methyl sites for hydroxylation is 1. The molecule has 6 heteroatoms. The average Bonchev–Trinajstić information content (AvgIpc) is 2.99. The summed E-state index contributed by atoms with van der Waals surface area (Å²) in [6.07, 6.45) is 3.04. The zero-order chi connectivity index (χ0) is 16.2. The van der Waals surface area contributed by atoms with Crippen LogP contribution in [-0.4, -0.2) is 33.0 Å². The summed E-state index contributed by atoms with van der Waals surface area (Å²) in [5.41, 5.74) is 2.42. The largest absolute Gasteiger partial charge is 0.372 e. The number of hydrogen-bond donors (Lipinski definition) is 0. The molecule has 0 aliphatic rings. The van der Waals surface area contributed by atoms with Crippen LogP contribution in [0.5, 0.6) is 0 Å². The van der Waals surface area contributed by atoms with Crippen molar-refractivity contribution in [2.24, 2.45) is 0 Å². The Kier molecular flexibility index (Phi) is 4.22. The number of fused-ring (bicyclic) bond motifs is 1. The molecule has 116 valence electrons. The van der Waals surface area contributed by atoms with Crippen LogP contribution < -0.4 is 5.56 Å². The Morgan fingerprint density at radius 3 is 2.74 bits per heavy atom. The molecule has 23 heavy (non-hydrogen) atoms. The quantitative estimate of drug-likeness (QED) is 0.689. The summed E-state index contributed by atoms with van der Waals surface area (Å²) in [6, 6.07) is 7.89. The number of aromatic nitrogens is 4. The molecule has 2 heterocycles. The zero-order valence-electron chi connectivity index (χ0n) is 13.0. The monoisotopic (exact) mass is 308 g/mol. The van der Waals surface area contributed by atoms with Crippen LogP contribution in [0, 0.1) is 18.8 Å². The maximum Gasteiger partial charge on any atom is 0.265 e. The summed E-state index contributed by atoms with van der Waals surface area (Å²) >= 11 is 0. The molecule has 3 rings (SSSR count). The maximum absolute atomic E-state index is 12.5. The lowest BCUT2D eigenvalue weighted by Crippen LogP contribution is -2.20. The van der Waals surface area contributed by atoms with E-state index in [0.717, 1.165) is 11.3 Å². The lowest BCUT2D eigenvalue weighted by Gasteiger charge is -2.04. The van der Waals surface area contributed by atoms with Crippen molar-refractivity contribution >= 4 is 11.0 Å². The normalized spacial score (nSPS) is 10.5. The van der Waals surface area contributed by atoms with E-state index < -0.39 is 0 Å². The summed E-state index contributed by atoms with van der Waals surface area (Å²) in [5, 5.41) is 4.77. The molecule has 0 unspecified atom stereocenters. The van der Waals surface area contributed by atoms with E-state index in [1.54, 1.807) is 18.0 Å². The fourth-order valence-corrected chi connectivity index (χ4v) is 2.20. The van der Waals surface area contributed by atoms with Crippen LogP contribution in [0.2, 0.25) is 0 Å². The van der Waals surface area contributed by atoms with Gasteiger partial charge in [-0.05, 0) is 19.1 Å². The summed E-state index contributed by atoms with van der Waals surface area (Å²) in [5.74, 6) is 5.69. The smallest absolute Gasteiger partial charge is 0.265 e. The molecule has 0 saturated carbocycles. The minimum absolute atomic E-state index is 0.153. The van der Waals surface area contributed by atoms with E-state index in [0.29, 0.717) is 17.6 Å². The molecule has 0 saturated heterocycles. The van der Waals surface area contributed by atoms with Crippen molar-refractivity contribution in [1.82, 2.24) is 19.3 Å². The van der Waals surface area contributed by atoms with Gasteiger partial charge in [0.15, 0.2) is 5.65 Å².